The van der Waals surface area contributed by atoms with Crippen LogP contribution >= 0.6 is 34.0 Å². The van der Waals surface area contributed by atoms with Crippen LogP contribution in [-0.4, -0.2) is 27.5 Å². The zero-order valence-electron chi connectivity index (χ0n) is 22.3. The van der Waals surface area contributed by atoms with Gasteiger partial charge in [0.15, 0.2) is 8.32 Å². The Hall–Kier alpha value is -1.25. The first-order valence-corrected chi connectivity index (χ1v) is 18.6. The van der Waals surface area contributed by atoms with E-state index in [0.717, 1.165) is 19.4 Å². The van der Waals surface area contributed by atoms with Gasteiger partial charge in [-0.3, -0.25) is 4.79 Å². The molecule has 0 radical (unpaired) electrons. The van der Waals surface area contributed by atoms with Gasteiger partial charge in [-0.15, -0.1) is 34.0 Å². The Morgan fingerprint density at radius 3 is 1.63 bits per heavy atom. The van der Waals surface area contributed by atoms with Crippen molar-refractivity contribution < 1.29 is 14.0 Å². The molecule has 0 amide bonds. The van der Waals surface area contributed by atoms with Crippen LogP contribution in [0.3, 0.4) is 0 Å². The van der Waals surface area contributed by atoms with Gasteiger partial charge in [0.25, 0.3) is 0 Å². The number of esters is 1. The Morgan fingerprint density at radius 2 is 1.17 bits per heavy atom. The second-order valence-electron chi connectivity index (χ2n) is 9.62. The van der Waals surface area contributed by atoms with Crippen molar-refractivity contribution in [3.63, 3.8) is 0 Å². The summed E-state index contributed by atoms with van der Waals surface area (Å²) in [6.45, 7) is 14.2. The fourth-order valence-corrected chi connectivity index (χ4v) is 7.11. The SMILES string of the molecule is CCOC(=O)CCCCCCCCO[Si](C)(C)C.Cc1ccc(-c2ccc(-c3ccc(C)s3)s2)s1. The van der Waals surface area contributed by atoms with E-state index in [0.29, 0.717) is 13.0 Å². The van der Waals surface area contributed by atoms with Gasteiger partial charge < -0.3 is 9.16 Å². The molecule has 35 heavy (non-hydrogen) atoms. The highest BCUT2D eigenvalue weighted by Gasteiger charge is 2.13. The van der Waals surface area contributed by atoms with E-state index in [1.165, 1.54) is 54.9 Å². The molecule has 3 aromatic rings. The van der Waals surface area contributed by atoms with Gasteiger partial charge in [0, 0.05) is 42.3 Å². The molecule has 0 aliphatic heterocycles. The molecule has 3 rings (SSSR count). The van der Waals surface area contributed by atoms with E-state index >= 15 is 0 Å². The van der Waals surface area contributed by atoms with E-state index in [4.69, 9.17) is 9.16 Å². The van der Waals surface area contributed by atoms with Crippen LogP contribution in [-0.2, 0) is 14.0 Å². The van der Waals surface area contributed by atoms with Crippen molar-refractivity contribution >= 4 is 48.3 Å². The highest BCUT2D eigenvalue weighted by Crippen LogP contribution is 2.39. The summed E-state index contributed by atoms with van der Waals surface area (Å²) in [7, 11) is -1.31. The van der Waals surface area contributed by atoms with Crippen molar-refractivity contribution in [3.8, 4) is 19.5 Å². The largest absolute Gasteiger partial charge is 0.466 e. The van der Waals surface area contributed by atoms with Crippen LogP contribution in [0.4, 0.5) is 0 Å². The molecule has 0 spiro atoms. The highest BCUT2D eigenvalue weighted by atomic mass is 32.1. The zero-order chi connectivity index (χ0) is 25.7. The molecule has 0 bridgehead atoms. The number of carbonyl (C=O) groups is 1. The molecule has 0 unspecified atom stereocenters. The van der Waals surface area contributed by atoms with E-state index < -0.39 is 8.32 Å². The van der Waals surface area contributed by atoms with E-state index in [-0.39, 0.29) is 5.97 Å². The zero-order valence-corrected chi connectivity index (χ0v) is 25.7. The minimum atomic E-state index is -1.31. The Kier molecular flexibility index (Phi) is 13.5. The van der Waals surface area contributed by atoms with Crippen LogP contribution in [0.15, 0.2) is 36.4 Å². The molecule has 0 aliphatic rings. The molecule has 0 aliphatic carbocycles. The maximum absolute atomic E-state index is 11.1. The van der Waals surface area contributed by atoms with Crippen molar-refractivity contribution in [1.29, 1.82) is 0 Å². The van der Waals surface area contributed by atoms with Crippen LogP contribution in [0.1, 0.15) is 61.6 Å². The van der Waals surface area contributed by atoms with Crippen LogP contribution in [0.5, 0.6) is 0 Å². The van der Waals surface area contributed by atoms with Gasteiger partial charge in [-0.2, -0.15) is 0 Å². The number of rotatable bonds is 13. The summed E-state index contributed by atoms with van der Waals surface area (Å²) in [4.78, 5) is 19.4. The Morgan fingerprint density at radius 1 is 0.714 bits per heavy atom. The first-order chi connectivity index (χ1) is 16.7. The van der Waals surface area contributed by atoms with E-state index in [9.17, 15) is 4.79 Å². The first kappa shape index (κ1) is 30.0. The minimum Gasteiger partial charge on any atom is -0.466 e. The lowest BCUT2D eigenvalue weighted by molar-refractivity contribution is -0.143. The molecule has 3 nitrogen and oxygen atoms in total. The Bertz CT molecular complexity index is 942. The highest BCUT2D eigenvalue weighted by molar-refractivity contribution is 7.26. The summed E-state index contributed by atoms with van der Waals surface area (Å²) in [6.07, 6.45) is 7.54. The van der Waals surface area contributed by atoms with Gasteiger partial charge in [0.2, 0.25) is 0 Å². The monoisotopic (exact) mass is 550 g/mol. The topological polar surface area (TPSA) is 35.5 Å². The van der Waals surface area contributed by atoms with Crippen LogP contribution < -0.4 is 0 Å². The van der Waals surface area contributed by atoms with E-state index in [1.807, 2.05) is 40.9 Å². The first-order valence-electron chi connectivity index (χ1n) is 12.7. The number of unbranched alkanes of at least 4 members (excludes halogenated alkanes) is 5. The molecule has 0 fully saturated rings. The third kappa shape index (κ3) is 12.5. The molecule has 3 heterocycles. The van der Waals surface area contributed by atoms with Crippen molar-refractivity contribution in [3.05, 3.63) is 46.2 Å². The quantitative estimate of drug-likeness (QED) is 0.121. The number of aryl methyl sites for hydroxylation is 2. The maximum Gasteiger partial charge on any atom is 0.305 e. The molecule has 3 aromatic heterocycles. The molecule has 194 valence electrons. The van der Waals surface area contributed by atoms with Gasteiger partial charge in [-0.25, -0.2) is 0 Å². The number of carbonyl (C=O) groups excluding carboxylic acids is 1. The summed E-state index contributed by atoms with van der Waals surface area (Å²) >= 11 is 5.62. The lowest BCUT2D eigenvalue weighted by Gasteiger charge is -2.16. The fraction of sp³-hybridized carbons (Fsp3) is 0.536. The van der Waals surface area contributed by atoms with E-state index in [2.05, 4.69) is 69.9 Å². The van der Waals surface area contributed by atoms with Gasteiger partial charge in [0.05, 0.1) is 6.61 Å². The molecular formula is C28H42O3S3Si. The normalized spacial score (nSPS) is 11.3. The molecule has 0 saturated carbocycles. The van der Waals surface area contributed by atoms with Crippen LogP contribution in [0.2, 0.25) is 19.6 Å². The number of hydrogen-bond acceptors (Lipinski definition) is 6. The van der Waals surface area contributed by atoms with Crippen molar-refractivity contribution in [2.24, 2.45) is 0 Å². The fourth-order valence-electron chi connectivity index (χ4n) is 3.43. The average Bonchev–Trinajstić information content (AvgIpc) is 3.53. The average molecular weight is 551 g/mol. The molecular weight excluding hydrogens is 509 g/mol. The summed E-state index contributed by atoms with van der Waals surface area (Å²) in [6, 6.07) is 13.3. The molecule has 7 heteroatoms. The Balaban J connectivity index is 0.000000247. The summed E-state index contributed by atoms with van der Waals surface area (Å²) in [5.41, 5.74) is 0. The predicted octanol–water partition coefficient (Wildman–Crippen LogP) is 9.95. The van der Waals surface area contributed by atoms with E-state index in [1.54, 1.807) is 0 Å². The van der Waals surface area contributed by atoms with Gasteiger partial charge in [0.1, 0.15) is 0 Å². The Labute approximate surface area is 225 Å². The lowest BCUT2D eigenvalue weighted by atomic mass is 10.1. The molecule has 0 saturated heterocycles. The second-order valence-corrected chi connectivity index (χ2v) is 17.8. The van der Waals surface area contributed by atoms with Gasteiger partial charge in [-0.1, -0.05) is 25.7 Å². The summed E-state index contributed by atoms with van der Waals surface area (Å²) in [5.74, 6) is -0.0546. The third-order valence-electron chi connectivity index (χ3n) is 5.19. The minimum absolute atomic E-state index is 0.0546. The van der Waals surface area contributed by atoms with Crippen molar-refractivity contribution in [2.45, 2.75) is 85.4 Å². The molecule has 0 N–H and O–H groups in total. The number of ether oxygens (including phenoxy) is 1. The maximum atomic E-state index is 11.1. The molecule has 0 atom stereocenters. The summed E-state index contributed by atoms with van der Waals surface area (Å²) in [5, 5.41) is 0. The standard InChI is InChI=1S/C14H30O3Si.C14H12S3/c1-5-16-14(15)12-10-8-6-7-9-11-13-17-18(2,3)4;1-9-3-5-11(15-9)13-7-8-14(17-13)12-6-4-10(2)16-12/h5-13H2,1-4H3;3-8H,1-2H3. The van der Waals surface area contributed by atoms with Crippen molar-refractivity contribution in [2.75, 3.05) is 13.2 Å². The smallest absolute Gasteiger partial charge is 0.305 e. The van der Waals surface area contributed by atoms with Crippen LogP contribution in [0.25, 0.3) is 19.5 Å². The van der Waals surface area contributed by atoms with Gasteiger partial charge >= 0.3 is 5.97 Å². The van der Waals surface area contributed by atoms with Gasteiger partial charge in [-0.05, 0) is 89.7 Å². The number of thiophene rings is 3. The molecule has 0 aromatic carbocycles. The van der Waals surface area contributed by atoms with Crippen LogP contribution in [0, 0.1) is 13.8 Å². The summed E-state index contributed by atoms with van der Waals surface area (Å²) < 4.78 is 10.7. The third-order valence-corrected chi connectivity index (χ3v) is 9.74. The van der Waals surface area contributed by atoms with Crippen molar-refractivity contribution in [1.82, 2.24) is 0 Å². The second kappa shape index (κ2) is 15.8. The lowest BCUT2D eigenvalue weighted by Crippen LogP contribution is -2.25. The number of hydrogen-bond donors (Lipinski definition) is 0. The predicted molar refractivity (Wildman–Crippen MR) is 159 cm³/mol.